The zero-order valence-corrected chi connectivity index (χ0v) is 28.8. The normalized spacial score (nSPS) is 14.0. The van der Waals surface area contributed by atoms with Crippen LogP contribution in [0.3, 0.4) is 0 Å². The Labute approximate surface area is 268 Å². The lowest BCUT2D eigenvalue weighted by Gasteiger charge is -2.19. The van der Waals surface area contributed by atoms with Gasteiger partial charge in [-0.2, -0.15) is 9.13 Å². The van der Waals surface area contributed by atoms with Crippen LogP contribution >= 0.6 is 11.8 Å². The number of aromatic nitrogens is 3. The largest absolute Gasteiger partial charge is 0.431 e. The fraction of sp³-hybridized carbons (Fsp3) is 0.459. The van der Waals surface area contributed by atoms with Gasteiger partial charge in [-0.15, -0.1) is 11.8 Å². The Balaban J connectivity index is 1.77. The molecule has 44 heavy (non-hydrogen) atoms. The number of benzene rings is 2. The molecule has 1 saturated heterocycles. The van der Waals surface area contributed by atoms with Crippen LogP contribution < -0.4 is 9.47 Å². The van der Waals surface area contributed by atoms with Gasteiger partial charge in [0.15, 0.2) is 0 Å². The molecule has 0 N–H and O–H groups in total. The molecule has 1 aliphatic heterocycles. The number of hydrogen-bond acceptors (Lipinski definition) is 5. The van der Waals surface area contributed by atoms with E-state index in [1.165, 1.54) is 46.5 Å². The van der Waals surface area contributed by atoms with E-state index in [4.69, 9.17) is 15.2 Å². The number of imidazole rings is 1. The Bertz CT molecular complexity index is 1490. The molecule has 7 heteroatoms. The summed E-state index contributed by atoms with van der Waals surface area (Å²) in [6.45, 7) is 20.3. The molecule has 4 aromatic rings. The molecule has 0 bridgehead atoms. The third-order valence-corrected chi connectivity index (χ3v) is 9.46. The Morgan fingerprint density at radius 1 is 0.773 bits per heavy atom. The quantitative estimate of drug-likeness (QED) is 0.102. The second-order valence-electron chi connectivity index (χ2n) is 13.1. The highest BCUT2D eigenvalue weighted by molar-refractivity contribution is 7.98. The van der Waals surface area contributed by atoms with Gasteiger partial charge in [0.25, 0.3) is 0 Å². The van der Waals surface area contributed by atoms with Gasteiger partial charge in [0.05, 0.1) is 6.20 Å². The molecule has 0 aliphatic carbocycles. The first-order chi connectivity index (χ1) is 21.1. The number of azo groups is 1. The SMILES string of the molecule is CSc1cc(N2CCCC2)ncc1/N=N/c1n(-c2c(C(C)C)cccc2C(C)C)cc[n+]1-c1c(C(C)C)cccc1C(C)C. The molecule has 232 valence electrons. The summed E-state index contributed by atoms with van der Waals surface area (Å²) < 4.78 is 4.53. The van der Waals surface area contributed by atoms with Crippen molar-refractivity contribution in [3.05, 3.63) is 83.3 Å². The molecule has 0 amide bonds. The monoisotopic (exact) mass is 609 g/mol. The molecule has 1 fully saturated rings. The molecule has 0 atom stereocenters. The molecule has 1 aliphatic rings. The lowest BCUT2D eigenvalue weighted by atomic mass is 9.92. The van der Waals surface area contributed by atoms with Crippen molar-refractivity contribution in [3.63, 3.8) is 0 Å². The van der Waals surface area contributed by atoms with E-state index in [0.717, 1.165) is 35.4 Å². The van der Waals surface area contributed by atoms with Crippen molar-refractivity contribution in [1.82, 2.24) is 9.55 Å². The van der Waals surface area contributed by atoms with Crippen molar-refractivity contribution in [2.24, 2.45) is 10.2 Å². The molecule has 2 aromatic heterocycles. The number of para-hydroxylation sites is 2. The fourth-order valence-corrected chi connectivity index (χ4v) is 6.81. The first kappa shape index (κ1) is 32.0. The maximum absolute atomic E-state index is 5.11. The summed E-state index contributed by atoms with van der Waals surface area (Å²) in [7, 11) is 0. The third-order valence-electron chi connectivity index (χ3n) is 8.69. The second-order valence-corrected chi connectivity index (χ2v) is 14.0. The standard InChI is InChI=1S/C37H49N6S/c1-24(2)28-14-12-15-29(25(3)4)35(28)42-20-21-43(36-30(26(5)6)16-13-17-31(36)27(7)8)37(42)40-39-32-23-38-34(22-33(32)44-9)41-18-10-11-19-41/h12-17,20-27H,10-11,18-19H2,1-9H3/q+1. The van der Waals surface area contributed by atoms with Gasteiger partial charge < -0.3 is 4.90 Å². The number of pyridine rings is 1. The molecule has 0 radical (unpaired) electrons. The highest BCUT2D eigenvalue weighted by atomic mass is 32.2. The maximum Gasteiger partial charge on any atom is 0.431 e. The molecule has 0 saturated carbocycles. The minimum atomic E-state index is 0.351. The lowest BCUT2D eigenvalue weighted by Crippen LogP contribution is -2.33. The summed E-state index contributed by atoms with van der Waals surface area (Å²) in [5.74, 6) is 3.22. The zero-order valence-electron chi connectivity index (χ0n) is 28.0. The lowest BCUT2D eigenvalue weighted by molar-refractivity contribution is -0.582. The van der Waals surface area contributed by atoms with Gasteiger partial charge in [0.1, 0.15) is 35.3 Å². The summed E-state index contributed by atoms with van der Waals surface area (Å²) in [5, 5.41) is 10.0. The van der Waals surface area contributed by atoms with E-state index < -0.39 is 0 Å². The highest BCUT2D eigenvalue weighted by Crippen LogP contribution is 2.37. The van der Waals surface area contributed by atoms with Gasteiger partial charge in [-0.3, -0.25) is 0 Å². The van der Waals surface area contributed by atoms with Crippen LogP contribution in [0.25, 0.3) is 11.4 Å². The average Bonchev–Trinajstić information content (AvgIpc) is 3.69. The molecular formula is C37H49N6S+. The zero-order chi connectivity index (χ0) is 31.5. The van der Waals surface area contributed by atoms with E-state index in [9.17, 15) is 0 Å². The first-order valence-electron chi connectivity index (χ1n) is 16.2. The van der Waals surface area contributed by atoms with Gasteiger partial charge in [0.2, 0.25) is 0 Å². The average molecular weight is 610 g/mol. The van der Waals surface area contributed by atoms with E-state index in [-0.39, 0.29) is 0 Å². The van der Waals surface area contributed by atoms with Gasteiger partial charge in [-0.25, -0.2) is 4.98 Å². The highest BCUT2D eigenvalue weighted by Gasteiger charge is 2.30. The predicted molar refractivity (Wildman–Crippen MR) is 185 cm³/mol. The Kier molecular flexibility index (Phi) is 9.94. The van der Waals surface area contributed by atoms with Gasteiger partial charge in [-0.05, 0) is 71.1 Å². The number of thioether (sulfide) groups is 1. The second kappa shape index (κ2) is 13.7. The molecular weight excluding hydrogens is 561 g/mol. The molecule has 6 nitrogen and oxygen atoms in total. The minimum absolute atomic E-state index is 0.351. The van der Waals surface area contributed by atoms with Crippen molar-refractivity contribution in [1.29, 1.82) is 0 Å². The predicted octanol–water partition coefficient (Wildman–Crippen LogP) is 10.4. The van der Waals surface area contributed by atoms with Crippen molar-refractivity contribution < 1.29 is 4.57 Å². The number of nitrogens with zero attached hydrogens (tertiary/aromatic N) is 6. The minimum Gasteiger partial charge on any atom is -0.357 e. The van der Waals surface area contributed by atoms with Crippen molar-refractivity contribution >= 4 is 29.2 Å². The van der Waals surface area contributed by atoms with Crippen LogP contribution in [0.15, 0.2) is 76.2 Å². The third kappa shape index (κ3) is 6.35. The number of rotatable bonds is 10. The van der Waals surface area contributed by atoms with Crippen LogP contribution in [-0.2, 0) is 0 Å². The number of hydrogen-bond donors (Lipinski definition) is 0. The molecule has 3 heterocycles. The van der Waals surface area contributed by atoms with Crippen molar-refractivity contribution in [2.75, 3.05) is 24.2 Å². The van der Waals surface area contributed by atoms with Crippen LogP contribution in [-0.4, -0.2) is 28.9 Å². The Morgan fingerprint density at radius 3 is 1.84 bits per heavy atom. The van der Waals surface area contributed by atoms with E-state index >= 15 is 0 Å². The molecule has 0 spiro atoms. The van der Waals surface area contributed by atoms with Crippen LogP contribution in [0.5, 0.6) is 0 Å². The Hall–Kier alpha value is -3.45. The molecule has 0 unspecified atom stereocenters. The summed E-state index contributed by atoms with van der Waals surface area (Å²) >= 11 is 1.70. The van der Waals surface area contributed by atoms with Crippen LogP contribution in [0.4, 0.5) is 17.5 Å². The van der Waals surface area contributed by atoms with E-state index in [1.54, 1.807) is 11.8 Å². The number of anilines is 1. The Morgan fingerprint density at radius 2 is 1.32 bits per heavy atom. The summed E-state index contributed by atoms with van der Waals surface area (Å²) in [4.78, 5) is 8.28. The van der Waals surface area contributed by atoms with Crippen LogP contribution in [0, 0.1) is 0 Å². The smallest absolute Gasteiger partial charge is 0.357 e. The van der Waals surface area contributed by atoms with E-state index in [0.29, 0.717) is 23.7 Å². The van der Waals surface area contributed by atoms with Gasteiger partial charge in [0, 0.05) is 23.1 Å². The van der Waals surface area contributed by atoms with Crippen LogP contribution in [0.2, 0.25) is 0 Å². The summed E-state index contributed by atoms with van der Waals surface area (Å²) in [5.41, 5.74) is 8.41. The first-order valence-corrected chi connectivity index (χ1v) is 17.4. The van der Waals surface area contributed by atoms with E-state index in [2.05, 4.69) is 131 Å². The van der Waals surface area contributed by atoms with Crippen molar-refractivity contribution in [2.45, 2.75) is 96.8 Å². The van der Waals surface area contributed by atoms with Crippen molar-refractivity contribution in [3.8, 4) is 11.4 Å². The maximum atomic E-state index is 5.11. The van der Waals surface area contributed by atoms with Gasteiger partial charge >= 0.3 is 5.95 Å². The topological polar surface area (TPSA) is 49.7 Å². The molecule has 5 rings (SSSR count). The summed E-state index contributed by atoms with van der Waals surface area (Å²) in [6, 6.07) is 15.6. The fourth-order valence-electron chi connectivity index (χ4n) is 6.28. The van der Waals surface area contributed by atoms with E-state index in [1.807, 2.05) is 6.20 Å². The van der Waals surface area contributed by atoms with Gasteiger partial charge in [-0.1, -0.05) is 96.9 Å². The van der Waals surface area contributed by atoms with Crippen LogP contribution in [0.1, 0.15) is 114 Å². The summed E-state index contributed by atoms with van der Waals surface area (Å²) in [6.07, 6.45) is 10.8. The molecule has 2 aromatic carbocycles.